The largest absolute Gasteiger partial charge is 0.479 e. The molecule has 0 spiro atoms. The highest BCUT2D eigenvalue weighted by Gasteiger charge is 2.26. The van der Waals surface area contributed by atoms with E-state index < -0.39 is 34.4 Å². The molecule has 0 fully saturated rings. The highest BCUT2D eigenvalue weighted by atomic mass is 16.5. The number of H-pyrrole nitrogens is 1. The molecule has 0 aliphatic rings. The molecule has 0 atom stereocenters. The summed E-state index contributed by atoms with van der Waals surface area (Å²) in [6.45, 7) is -0.251. The zero-order valence-corrected chi connectivity index (χ0v) is 12.1. The third-order valence-corrected chi connectivity index (χ3v) is 3.10. The van der Waals surface area contributed by atoms with Crippen LogP contribution in [-0.2, 0) is 0 Å². The molecule has 2 aromatic rings. The Hall–Kier alpha value is -3.80. The molecule has 9 nitrogen and oxygen atoms in total. The Labute approximate surface area is 134 Å². The van der Waals surface area contributed by atoms with Crippen molar-refractivity contribution in [3.05, 3.63) is 45.7 Å². The summed E-state index contributed by atoms with van der Waals surface area (Å²) >= 11 is 0. The first-order valence-corrected chi connectivity index (χ1v) is 6.49. The lowest BCUT2D eigenvalue weighted by atomic mass is 9.95. The molecule has 0 aliphatic carbocycles. The molecule has 122 valence electrons. The number of anilines is 1. The SMILES string of the molecule is N#CCOc1cccc(-c2c(C(=O)O)c(N)[nH]c(=O)c2C(=O)O)c1. The zero-order valence-electron chi connectivity index (χ0n) is 12.1. The van der Waals surface area contributed by atoms with Crippen molar-refractivity contribution in [3.8, 4) is 22.9 Å². The fourth-order valence-corrected chi connectivity index (χ4v) is 2.19. The fourth-order valence-electron chi connectivity index (χ4n) is 2.19. The number of nitrogens with zero attached hydrogens (tertiary/aromatic N) is 1. The minimum absolute atomic E-state index is 0.109. The number of pyridine rings is 1. The van der Waals surface area contributed by atoms with Crippen LogP contribution in [0, 0.1) is 11.3 Å². The van der Waals surface area contributed by atoms with Crippen molar-refractivity contribution >= 4 is 17.8 Å². The fraction of sp³-hybridized carbons (Fsp3) is 0.0667. The summed E-state index contributed by atoms with van der Waals surface area (Å²) in [6, 6.07) is 7.47. The van der Waals surface area contributed by atoms with E-state index in [0.717, 1.165) is 0 Å². The Morgan fingerprint density at radius 1 is 1.25 bits per heavy atom. The highest BCUT2D eigenvalue weighted by molar-refractivity contribution is 6.07. The normalized spacial score (nSPS) is 9.96. The number of carbonyl (C=O) groups is 2. The van der Waals surface area contributed by atoms with E-state index in [1.807, 2.05) is 4.98 Å². The van der Waals surface area contributed by atoms with Gasteiger partial charge in [-0.05, 0) is 17.7 Å². The molecular formula is C15H11N3O6. The topological polar surface area (TPSA) is 166 Å². The van der Waals surface area contributed by atoms with E-state index in [-0.39, 0.29) is 23.5 Å². The lowest BCUT2D eigenvalue weighted by Gasteiger charge is -2.13. The van der Waals surface area contributed by atoms with Crippen LogP contribution >= 0.6 is 0 Å². The predicted octanol–water partition coefficient (Wildman–Crippen LogP) is 0.923. The molecule has 24 heavy (non-hydrogen) atoms. The number of nitrogens with one attached hydrogen (secondary N) is 1. The minimum Gasteiger partial charge on any atom is -0.479 e. The van der Waals surface area contributed by atoms with Gasteiger partial charge in [0.25, 0.3) is 5.56 Å². The van der Waals surface area contributed by atoms with Crippen molar-refractivity contribution in [1.29, 1.82) is 5.26 Å². The molecule has 0 saturated carbocycles. The molecule has 1 aromatic carbocycles. The molecule has 0 radical (unpaired) electrons. The van der Waals surface area contributed by atoms with E-state index in [9.17, 15) is 24.6 Å². The Morgan fingerprint density at radius 3 is 2.50 bits per heavy atom. The average molecular weight is 329 g/mol. The van der Waals surface area contributed by atoms with Crippen LogP contribution in [0.4, 0.5) is 5.82 Å². The van der Waals surface area contributed by atoms with Crippen LogP contribution in [0.15, 0.2) is 29.1 Å². The molecule has 5 N–H and O–H groups in total. The van der Waals surface area contributed by atoms with Crippen LogP contribution in [0.25, 0.3) is 11.1 Å². The van der Waals surface area contributed by atoms with Crippen molar-refractivity contribution in [2.75, 3.05) is 12.3 Å². The number of aromatic amines is 1. The summed E-state index contributed by atoms with van der Waals surface area (Å²) < 4.78 is 5.11. The summed E-state index contributed by atoms with van der Waals surface area (Å²) in [5, 5.41) is 27.2. The van der Waals surface area contributed by atoms with Gasteiger partial charge in [0, 0.05) is 5.56 Å². The number of hydrogen-bond donors (Lipinski definition) is 4. The number of rotatable bonds is 5. The van der Waals surface area contributed by atoms with Gasteiger partial charge in [-0.3, -0.25) is 4.79 Å². The predicted molar refractivity (Wildman–Crippen MR) is 81.9 cm³/mol. The maximum atomic E-state index is 11.9. The molecule has 1 aromatic heterocycles. The van der Waals surface area contributed by atoms with Crippen molar-refractivity contribution < 1.29 is 24.5 Å². The second-order valence-corrected chi connectivity index (χ2v) is 4.58. The number of aromatic nitrogens is 1. The Balaban J connectivity index is 2.82. The van der Waals surface area contributed by atoms with E-state index in [1.165, 1.54) is 24.3 Å². The van der Waals surface area contributed by atoms with Gasteiger partial charge in [-0.2, -0.15) is 5.26 Å². The number of nitrogens with two attached hydrogens (primary N) is 1. The van der Waals surface area contributed by atoms with Gasteiger partial charge in [0.2, 0.25) is 0 Å². The molecular weight excluding hydrogens is 318 g/mol. The van der Waals surface area contributed by atoms with Gasteiger partial charge in [0.1, 0.15) is 28.8 Å². The lowest BCUT2D eigenvalue weighted by Crippen LogP contribution is -2.24. The van der Waals surface area contributed by atoms with Crippen molar-refractivity contribution in [3.63, 3.8) is 0 Å². The smallest absolute Gasteiger partial charge is 0.342 e. The first-order chi connectivity index (χ1) is 11.4. The van der Waals surface area contributed by atoms with Gasteiger partial charge >= 0.3 is 11.9 Å². The second kappa shape index (κ2) is 6.53. The highest BCUT2D eigenvalue weighted by Crippen LogP contribution is 2.31. The number of hydrogen-bond acceptors (Lipinski definition) is 6. The number of aromatic carboxylic acids is 2. The van der Waals surface area contributed by atoms with E-state index in [4.69, 9.17) is 15.7 Å². The third-order valence-electron chi connectivity index (χ3n) is 3.10. The molecule has 1 heterocycles. The van der Waals surface area contributed by atoms with Gasteiger partial charge in [-0.15, -0.1) is 0 Å². The monoisotopic (exact) mass is 329 g/mol. The number of nitriles is 1. The van der Waals surface area contributed by atoms with Crippen LogP contribution in [-0.4, -0.2) is 33.7 Å². The molecule has 0 aliphatic heterocycles. The van der Waals surface area contributed by atoms with Crippen LogP contribution in [0.3, 0.4) is 0 Å². The quantitative estimate of drug-likeness (QED) is 0.628. The van der Waals surface area contributed by atoms with E-state index in [0.29, 0.717) is 0 Å². The molecule has 2 rings (SSSR count). The van der Waals surface area contributed by atoms with Crippen LogP contribution < -0.4 is 16.0 Å². The summed E-state index contributed by atoms with van der Waals surface area (Å²) in [6.07, 6.45) is 0. The minimum atomic E-state index is -1.60. The van der Waals surface area contributed by atoms with Gasteiger partial charge in [0.05, 0.1) is 0 Å². The standard InChI is InChI=1S/C15H11N3O6/c16-4-5-24-8-3-1-2-7(6-8)9-10(14(20)21)12(17)18-13(19)11(9)15(22)23/h1-3,6H,5H2,(H,20,21)(H,22,23)(H3,17,18,19). The molecule has 0 amide bonds. The zero-order chi connectivity index (χ0) is 17.9. The van der Waals surface area contributed by atoms with Crippen molar-refractivity contribution in [2.45, 2.75) is 0 Å². The van der Waals surface area contributed by atoms with Gasteiger partial charge in [-0.1, -0.05) is 12.1 Å². The van der Waals surface area contributed by atoms with Crippen molar-refractivity contribution in [2.24, 2.45) is 0 Å². The maximum Gasteiger partial charge on any atom is 0.342 e. The number of carboxylic acids is 2. The van der Waals surface area contributed by atoms with Crippen LogP contribution in [0.5, 0.6) is 5.75 Å². The molecule has 9 heteroatoms. The van der Waals surface area contributed by atoms with Crippen LogP contribution in [0.1, 0.15) is 20.7 Å². The first kappa shape index (κ1) is 16.6. The summed E-state index contributed by atoms with van der Waals surface area (Å²) in [5.74, 6) is -3.35. The van der Waals surface area contributed by atoms with Crippen LogP contribution in [0.2, 0.25) is 0 Å². The number of benzene rings is 1. The van der Waals surface area contributed by atoms with Gasteiger partial charge in [0.15, 0.2) is 6.61 Å². The second-order valence-electron chi connectivity index (χ2n) is 4.58. The number of carboxylic acid groups (broad SMARTS) is 2. The summed E-state index contributed by atoms with van der Waals surface area (Å²) in [7, 11) is 0. The Morgan fingerprint density at radius 2 is 1.92 bits per heavy atom. The first-order valence-electron chi connectivity index (χ1n) is 6.49. The van der Waals surface area contributed by atoms with Gasteiger partial charge < -0.3 is 25.7 Å². The molecule has 0 unspecified atom stereocenters. The number of nitrogen functional groups attached to an aromatic ring is 1. The third kappa shape index (κ3) is 3.02. The van der Waals surface area contributed by atoms with Gasteiger partial charge in [-0.25, -0.2) is 9.59 Å². The Bertz CT molecular complexity index is 926. The van der Waals surface area contributed by atoms with E-state index in [1.54, 1.807) is 6.07 Å². The van der Waals surface area contributed by atoms with Crippen molar-refractivity contribution in [1.82, 2.24) is 4.98 Å². The van der Waals surface area contributed by atoms with E-state index in [2.05, 4.69) is 0 Å². The van der Waals surface area contributed by atoms with E-state index >= 15 is 0 Å². The molecule has 0 saturated heterocycles. The summed E-state index contributed by atoms with van der Waals surface area (Å²) in [4.78, 5) is 36.9. The molecule has 0 bridgehead atoms. The Kier molecular flexibility index (Phi) is 4.51. The average Bonchev–Trinajstić information content (AvgIpc) is 2.51. The summed E-state index contributed by atoms with van der Waals surface area (Å²) in [5.41, 5.74) is 3.01. The lowest BCUT2D eigenvalue weighted by molar-refractivity contribution is 0.0695. The number of ether oxygens (including phenoxy) is 1. The maximum absolute atomic E-state index is 11.9.